The van der Waals surface area contributed by atoms with Gasteiger partial charge < -0.3 is 10.2 Å². The third kappa shape index (κ3) is 3.83. The summed E-state index contributed by atoms with van der Waals surface area (Å²) in [6.07, 6.45) is 4.70. The van der Waals surface area contributed by atoms with Crippen molar-refractivity contribution in [2.24, 2.45) is 0 Å². The SMILES string of the molecule is CCc1ncc2cc(-c3cc(NC(=O)N4CC=C(C)C4)ccc3C)c(C)nc2n1. The highest BCUT2D eigenvalue weighted by Crippen LogP contribution is 2.30. The van der Waals surface area contributed by atoms with Crippen molar-refractivity contribution in [3.8, 4) is 11.1 Å². The number of aryl methyl sites for hydroxylation is 3. The number of fused-ring (bicyclic) bond motifs is 1. The van der Waals surface area contributed by atoms with Gasteiger partial charge in [-0.25, -0.2) is 19.7 Å². The average Bonchev–Trinajstić information content (AvgIpc) is 3.15. The molecular weight excluding hydrogens is 362 g/mol. The topological polar surface area (TPSA) is 71.0 Å². The normalized spacial score (nSPS) is 13.7. The second kappa shape index (κ2) is 7.62. The zero-order chi connectivity index (χ0) is 20.5. The summed E-state index contributed by atoms with van der Waals surface area (Å²) in [4.78, 5) is 28.0. The summed E-state index contributed by atoms with van der Waals surface area (Å²) in [7, 11) is 0. The summed E-state index contributed by atoms with van der Waals surface area (Å²) in [5, 5.41) is 3.93. The Morgan fingerprint density at radius 2 is 1.97 bits per heavy atom. The van der Waals surface area contributed by atoms with Crippen molar-refractivity contribution in [1.29, 1.82) is 0 Å². The fourth-order valence-electron chi connectivity index (χ4n) is 3.57. The quantitative estimate of drug-likeness (QED) is 0.663. The lowest BCUT2D eigenvalue weighted by Gasteiger charge is -2.18. The molecule has 1 N–H and O–H groups in total. The van der Waals surface area contributed by atoms with Crippen LogP contribution in [0.1, 0.15) is 30.9 Å². The zero-order valence-electron chi connectivity index (χ0n) is 17.3. The van der Waals surface area contributed by atoms with Gasteiger partial charge in [-0.15, -0.1) is 0 Å². The number of amides is 2. The van der Waals surface area contributed by atoms with Crippen LogP contribution >= 0.6 is 0 Å². The van der Waals surface area contributed by atoms with Crippen LogP contribution in [0.25, 0.3) is 22.2 Å². The minimum Gasteiger partial charge on any atom is -0.317 e. The van der Waals surface area contributed by atoms with Crippen LogP contribution in [0.15, 0.2) is 42.1 Å². The molecule has 6 heteroatoms. The summed E-state index contributed by atoms with van der Waals surface area (Å²) in [5.74, 6) is 0.796. The molecule has 148 valence electrons. The highest BCUT2D eigenvalue weighted by atomic mass is 16.2. The van der Waals surface area contributed by atoms with E-state index in [9.17, 15) is 4.79 Å². The highest BCUT2D eigenvalue weighted by Gasteiger charge is 2.18. The van der Waals surface area contributed by atoms with Crippen LogP contribution in [0.5, 0.6) is 0 Å². The molecule has 2 aromatic heterocycles. The van der Waals surface area contributed by atoms with Crippen LogP contribution in [0.4, 0.5) is 10.5 Å². The van der Waals surface area contributed by atoms with Crippen molar-refractivity contribution >= 4 is 22.8 Å². The number of nitrogens with one attached hydrogen (secondary N) is 1. The smallest absolute Gasteiger partial charge is 0.317 e. The Morgan fingerprint density at radius 3 is 2.69 bits per heavy atom. The monoisotopic (exact) mass is 387 g/mol. The number of carbonyl (C=O) groups is 1. The first-order valence-electron chi connectivity index (χ1n) is 9.90. The molecule has 0 saturated carbocycles. The van der Waals surface area contributed by atoms with Crippen LogP contribution < -0.4 is 5.32 Å². The lowest BCUT2D eigenvalue weighted by atomic mass is 9.98. The van der Waals surface area contributed by atoms with Gasteiger partial charge in [0.15, 0.2) is 5.65 Å². The molecule has 1 aliphatic heterocycles. The van der Waals surface area contributed by atoms with E-state index in [2.05, 4.69) is 34.4 Å². The summed E-state index contributed by atoms with van der Waals surface area (Å²) in [6, 6.07) is 7.98. The van der Waals surface area contributed by atoms with Crippen molar-refractivity contribution in [3.63, 3.8) is 0 Å². The Balaban J connectivity index is 1.67. The minimum atomic E-state index is -0.0817. The third-order valence-corrected chi connectivity index (χ3v) is 5.29. The number of nitrogens with zero attached hydrogens (tertiary/aromatic N) is 4. The van der Waals surface area contributed by atoms with Crippen LogP contribution in [0.2, 0.25) is 0 Å². The predicted molar refractivity (Wildman–Crippen MR) is 116 cm³/mol. The van der Waals surface area contributed by atoms with E-state index < -0.39 is 0 Å². The van der Waals surface area contributed by atoms with Crippen LogP contribution in [0.3, 0.4) is 0 Å². The molecule has 0 saturated heterocycles. The average molecular weight is 387 g/mol. The number of benzene rings is 1. The number of carbonyl (C=O) groups excluding carboxylic acids is 1. The fraction of sp³-hybridized carbons (Fsp3) is 0.304. The lowest BCUT2D eigenvalue weighted by Crippen LogP contribution is -2.33. The molecule has 29 heavy (non-hydrogen) atoms. The van der Waals surface area contributed by atoms with Crippen molar-refractivity contribution in [3.05, 3.63) is 59.2 Å². The number of hydrogen-bond donors (Lipinski definition) is 1. The van der Waals surface area contributed by atoms with E-state index in [0.717, 1.165) is 51.4 Å². The molecule has 1 aliphatic rings. The Morgan fingerprint density at radius 1 is 1.14 bits per heavy atom. The number of anilines is 1. The van der Waals surface area contributed by atoms with Crippen molar-refractivity contribution in [2.45, 2.75) is 34.1 Å². The van der Waals surface area contributed by atoms with Gasteiger partial charge in [-0.2, -0.15) is 0 Å². The molecule has 4 rings (SSSR count). The lowest BCUT2D eigenvalue weighted by molar-refractivity contribution is 0.224. The van der Waals surface area contributed by atoms with Gasteiger partial charge in [0.2, 0.25) is 0 Å². The van der Waals surface area contributed by atoms with E-state index >= 15 is 0 Å². The summed E-state index contributed by atoms with van der Waals surface area (Å²) >= 11 is 0. The molecule has 1 aromatic carbocycles. The first-order chi connectivity index (χ1) is 13.9. The van der Waals surface area contributed by atoms with Gasteiger partial charge in [0.25, 0.3) is 0 Å². The predicted octanol–water partition coefficient (Wildman–Crippen LogP) is 4.66. The van der Waals surface area contributed by atoms with Gasteiger partial charge >= 0.3 is 6.03 Å². The molecule has 0 bridgehead atoms. The van der Waals surface area contributed by atoms with E-state index in [-0.39, 0.29) is 6.03 Å². The van der Waals surface area contributed by atoms with Crippen molar-refractivity contribution in [1.82, 2.24) is 19.9 Å². The molecule has 0 aliphatic carbocycles. The Hall–Kier alpha value is -3.28. The summed E-state index contributed by atoms with van der Waals surface area (Å²) < 4.78 is 0. The largest absolute Gasteiger partial charge is 0.322 e. The van der Waals surface area contributed by atoms with E-state index in [1.165, 1.54) is 5.57 Å². The molecule has 0 spiro atoms. The molecule has 0 fully saturated rings. The summed E-state index contributed by atoms with van der Waals surface area (Å²) in [6.45, 7) is 9.47. The fourth-order valence-corrected chi connectivity index (χ4v) is 3.57. The van der Waals surface area contributed by atoms with Gasteiger partial charge in [0.1, 0.15) is 5.82 Å². The number of aromatic nitrogens is 3. The Kier molecular flexibility index (Phi) is 5.01. The maximum atomic E-state index is 12.5. The Bertz CT molecular complexity index is 1140. The highest BCUT2D eigenvalue weighted by molar-refractivity contribution is 5.91. The molecular formula is C23H25N5O. The van der Waals surface area contributed by atoms with Gasteiger partial charge in [-0.1, -0.05) is 24.6 Å². The molecule has 6 nitrogen and oxygen atoms in total. The van der Waals surface area contributed by atoms with E-state index in [1.807, 2.05) is 45.2 Å². The van der Waals surface area contributed by atoms with E-state index in [4.69, 9.17) is 4.98 Å². The minimum absolute atomic E-state index is 0.0817. The van der Waals surface area contributed by atoms with E-state index in [1.54, 1.807) is 4.90 Å². The van der Waals surface area contributed by atoms with Gasteiger partial charge in [-0.05, 0) is 50.1 Å². The summed E-state index contributed by atoms with van der Waals surface area (Å²) in [5.41, 5.74) is 6.81. The number of urea groups is 1. The van der Waals surface area contributed by atoms with Crippen LogP contribution in [0, 0.1) is 13.8 Å². The molecule has 3 heterocycles. The zero-order valence-corrected chi connectivity index (χ0v) is 17.3. The maximum absolute atomic E-state index is 12.5. The van der Waals surface area contributed by atoms with Gasteiger partial charge in [0, 0.05) is 48.0 Å². The standard InChI is InChI=1S/C23H25N5O/c1-5-21-24-12-17-10-20(16(4)25-22(17)27-21)19-11-18(7-6-15(19)3)26-23(29)28-9-8-14(2)13-28/h6-8,10-12H,5,9,13H2,1-4H3,(H,26,29). The second-order valence-electron chi connectivity index (χ2n) is 7.56. The number of hydrogen-bond acceptors (Lipinski definition) is 4. The first kappa shape index (κ1) is 19.1. The molecule has 0 radical (unpaired) electrons. The first-order valence-corrected chi connectivity index (χ1v) is 9.90. The maximum Gasteiger partial charge on any atom is 0.322 e. The van der Waals surface area contributed by atoms with E-state index in [0.29, 0.717) is 13.1 Å². The van der Waals surface area contributed by atoms with Crippen molar-refractivity contribution in [2.75, 3.05) is 18.4 Å². The van der Waals surface area contributed by atoms with Gasteiger partial charge in [0.05, 0.1) is 0 Å². The van der Waals surface area contributed by atoms with Crippen molar-refractivity contribution < 1.29 is 4.79 Å². The molecule has 2 amide bonds. The molecule has 3 aromatic rings. The molecule has 0 unspecified atom stereocenters. The Labute approximate surface area is 170 Å². The van der Waals surface area contributed by atoms with Crippen LogP contribution in [-0.2, 0) is 6.42 Å². The number of rotatable bonds is 3. The van der Waals surface area contributed by atoms with Crippen LogP contribution in [-0.4, -0.2) is 39.0 Å². The van der Waals surface area contributed by atoms with Gasteiger partial charge in [-0.3, -0.25) is 0 Å². The number of pyridine rings is 1. The third-order valence-electron chi connectivity index (χ3n) is 5.29. The molecule has 0 atom stereocenters. The second-order valence-corrected chi connectivity index (χ2v) is 7.56.